The zero-order chi connectivity index (χ0) is 16.4. The number of rotatable bonds is 2. The summed E-state index contributed by atoms with van der Waals surface area (Å²) in [6.45, 7) is 0. The number of guanidine groups is 1. The predicted molar refractivity (Wildman–Crippen MR) is 109 cm³/mol. The highest BCUT2D eigenvalue weighted by molar-refractivity contribution is 6.14. The highest BCUT2D eigenvalue weighted by Gasteiger charge is 2.23. The summed E-state index contributed by atoms with van der Waals surface area (Å²) in [4.78, 5) is 24.0. The van der Waals surface area contributed by atoms with E-state index in [2.05, 4.69) is 25.6 Å². The Morgan fingerprint density at radius 2 is 1.92 bits per heavy atom. The molecule has 0 unspecified atom stereocenters. The van der Waals surface area contributed by atoms with Gasteiger partial charge < -0.3 is 10.3 Å². The number of carbonyl (C=O) groups excluding carboxylic acids is 1. The number of amides is 1. The Kier molecular flexibility index (Phi) is 7.06. The Morgan fingerprint density at radius 1 is 1.15 bits per heavy atom. The first-order chi connectivity index (χ1) is 11.8. The minimum Gasteiger partial charge on any atom is -0.353 e. The predicted octanol–water partition coefficient (Wildman–Crippen LogP) is 3.55. The van der Waals surface area contributed by atoms with Crippen LogP contribution < -0.4 is 10.6 Å². The Labute approximate surface area is 164 Å². The maximum absolute atomic E-state index is 12.2. The minimum absolute atomic E-state index is 0. The van der Waals surface area contributed by atoms with Gasteiger partial charge in [0.15, 0.2) is 0 Å². The Balaban J connectivity index is 0.00000121. The maximum atomic E-state index is 12.2. The molecule has 1 aliphatic heterocycles. The van der Waals surface area contributed by atoms with Crippen LogP contribution in [0.4, 0.5) is 0 Å². The smallest absolute Gasteiger partial charge is 0.276 e. The van der Waals surface area contributed by atoms with E-state index in [1.165, 1.54) is 25.7 Å². The molecule has 1 fully saturated rings. The van der Waals surface area contributed by atoms with Gasteiger partial charge in [-0.05, 0) is 31.1 Å². The molecule has 3 N–H and O–H groups in total. The van der Waals surface area contributed by atoms with Crippen LogP contribution in [0.2, 0.25) is 0 Å². The molecule has 0 aromatic carbocycles. The minimum atomic E-state index is -0.163. The lowest BCUT2D eigenvalue weighted by molar-refractivity contribution is -0.115. The molecule has 0 atom stereocenters. The number of pyridine rings is 1. The molecule has 1 saturated carbocycles. The van der Waals surface area contributed by atoms with Gasteiger partial charge in [-0.2, -0.15) is 0 Å². The summed E-state index contributed by atoms with van der Waals surface area (Å²) in [6, 6.07) is 4.27. The first-order valence-electron chi connectivity index (χ1n) is 8.60. The van der Waals surface area contributed by atoms with Crippen LogP contribution in [0.25, 0.3) is 17.1 Å². The third kappa shape index (κ3) is 4.37. The molecular formula is C18H23Cl2N5O. The van der Waals surface area contributed by atoms with E-state index in [1.807, 2.05) is 18.3 Å². The molecule has 1 aliphatic carbocycles. The third-order valence-corrected chi connectivity index (χ3v) is 4.67. The van der Waals surface area contributed by atoms with E-state index >= 15 is 0 Å². The number of aromatic nitrogens is 2. The van der Waals surface area contributed by atoms with Crippen molar-refractivity contribution >= 4 is 53.8 Å². The molecular weight excluding hydrogens is 373 g/mol. The van der Waals surface area contributed by atoms with E-state index in [0.29, 0.717) is 17.7 Å². The first kappa shape index (κ1) is 20.3. The van der Waals surface area contributed by atoms with Gasteiger partial charge in [0.05, 0.1) is 0 Å². The summed E-state index contributed by atoms with van der Waals surface area (Å²) in [5.41, 5.74) is 2.15. The highest BCUT2D eigenvalue weighted by Crippen LogP contribution is 2.21. The highest BCUT2D eigenvalue weighted by atomic mass is 35.5. The fraction of sp³-hybridized carbons (Fsp3) is 0.389. The normalized spacial score (nSPS) is 19.3. The van der Waals surface area contributed by atoms with Crippen LogP contribution in [0.3, 0.4) is 0 Å². The van der Waals surface area contributed by atoms with E-state index in [4.69, 9.17) is 0 Å². The van der Waals surface area contributed by atoms with Gasteiger partial charge in [0.25, 0.3) is 5.91 Å². The van der Waals surface area contributed by atoms with E-state index in [9.17, 15) is 4.79 Å². The Hall–Kier alpha value is -2.05. The summed E-state index contributed by atoms with van der Waals surface area (Å²) in [5, 5.41) is 7.21. The topological polar surface area (TPSA) is 82.2 Å². The molecule has 6 nitrogen and oxygen atoms in total. The molecule has 3 heterocycles. The summed E-state index contributed by atoms with van der Waals surface area (Å²) in [6.07, 6.45) is 12.8. The van der Waals surface area contributed by atoms with E-state index in [1.54, 1.807) is 12.3 Å². The molecule has 0 spiro atoms. The molecule has 2 aliphatic rings. The largest absolute Gasteiger partial charge is 0.353 e. The van der Waals surface area contributed by atoms with Crippen molar-refractivity contribution in [2.24, 2.45) is 4.99 Å². The number of nitrogens with zero attached hydrogens (tertiary/aromatic N) is 2. The van der Waals surface area contributed by atoms with Crippen molar-refractivity contribution in [2.75, 3.05) is 0 Å². The number of hydrogen-bond acceptors (Lipinski definition) is 4. The second-order valence-corrected chi connectivity index (χ2v) is 6.42. The lowest BCUT2D eigenvalue weighted by atomic mass is 10.1. The summed E-state index contributed by atoms with van der Waals surface area (Å²) >= 11 is 0. The number of aliphatic imine (C=N–C) groups is 1. The van der Waals surface area contributed by atoms with Gasteiger partial charge in [0.2, 0.25) is 5.96 Å². The lowest BCUT2D eigenvalue weighted by Crippen LogP contribution is -2.42. The van der Waals surface area contributed by atoms with Crippen LogP contribution in [0.15, 0.2) is 35.2 Å². The van der Waals surface area contributed by atoms with Crippen molar-refractivity contribution in [3.63, 3.8) is 0 Å². The van der Waals surface area contributed by atoms with Gasteiger partial charge >= 0.3 is 0 Å². The van der Waals surface area contributed by atoms with Crippen LogP contribution in [0, 0.1) is 0 Å². The zero-order valence-electron chi connectivity index (χ0n) is 14.3. The van der Waals surface area contributed by atoms with Gasteiger partial charge in [0.1, 0.15) is 11.3 Å². The fourth-order valence-electron chi connectivity index (χ4n) is 3.40. The molecule has 8 heteroatoms. The SMILES string of the molecule is Cl.Cl.O=C1NC(NC2CCCCCC2)=N/C1=C\c1c[nH]c2ncccc12. The summed E-state index contributed by atoms with van der Waals surface area (Å²) < 4.78 is 0. The van der Waals surface area contributed by atoms with Crippen molar-refractivity contribution in [3.8, 4) is 0 Å². The van der Waals surface area contributed by atoms with Gasteiger partial charge in [-0.25, -0.2) is 9.98 Å². The quantitative estimate of drug-likeness (QED) is 0.536. The molecule has 2 aromatic heterocycles. The number of aromatic amines is 1. The van der Waals surface area contributed by atoms with Crippen LogP contribution in [-0.2, 0) is 4.79 Å². The monoisotopic (exact) mass is 395 g/mol. The second kappa shape index (κ2) is 9.05. The molecule has 4 rings (SSSR count). The number of carbonyl (C=O) groups is 1. The van der Waals surface area contributed by atoms with Crippen molar-refractivity contribution in [1.82, 2.24) is 20.6 Å². The maximum Gasteiger partial charge on any atom is 0.276 e. The van der Waals surface area contributed by atoms with Crippen LogP contribution in [0.5, 0.6) is 0 Å². The van der Waals surface area contributed by atoms with E-state index in [0.717, 1.165) is 29.4 Å². The lowest BCUT2D eigenvalue weighted by Gasteiger charge is -2.16. The van der Waals surface area contributed by atoms with Gasteiger partial charge in [0, 0.05) is 29.4 Å². The number of H-pyrrole nitrogens is 1. The third-order valence-electron chi connectivity index (χ3n) is 4.67. The van der Waals surface area contributed by atoms with Crippen molar-refractivity contribution in [1.29, 1.82) is 0 Å². The van der Waals surface area contributed by atoms with Gasteiger partial charge in [-0.15, -0.1) is 24.8 Å². The average molecular weight is 396 g/mol. The average Bonchev–Trinajstić information content (AvgIpc) is 3.03. The number of halogens is 2. The molecule has 2 aromatic rings. The van der Waals surface area contributed by atoms with Crippen LogP contribution >= 0.6 is 24.8 Å². The van der Waals surface area contributed by atoms with Crippen LogP contribution in [-0.4, -0.2) is 27.9 Å². The molecule has 0 radical (unpaired) electrons. The molecule has 140 valence electrons. The second-order valence-electron chi connectivity index (χ2n) is 6.42. The van der Waals surface area contributed by atoms with Crippen LogP contribution in [0.1, 0.15) is 44.1 Å². The number of nitrogens with one attached hydrogen (secondary N) is 3. The Bertz CT molecular complexity index is 822. The first-order valence-corrected chi connectivity index (χ1v) is 8.60. The van der Waals surface area contributed by atoms with Gasteiger partial charge in [-0.1, -0.05) is 25.7 Å². The van der Waals surface area contributed by atoms with E-state index < -0.39 is 0 Å². The van der Waals surface area contributed by atoms with Crippen molar-refractivity contribution in [3.05, 3.63) is 35.8 Å². The molecule has 0 saturated heterocycles. The molecule has 1 amide bonds. The summed E-state index contributed by atoms with van der Waals surface area (Å²) in [7, 11) is 0. The molecule has 26 heavy (non-hydrogen) atoms. The van der Waals surface area contributed by atoms with Gasteiger partial charge in [-0.3, -0.25) is 10.1 Å². The fourth-order valence-corrected chi connectivity index (χ4v) is 3.40. The standard InChI is InChI=1S/C18H21N5O.2ClH/c24-17-15(10-12-11-20-16-14(12)8-5-9-19-16)22-18(23-17)21-13-6-3-1-2-4-7-13;;/h5,8-11,13H,1-4,6-7H2,(H,19,20)(H2,21,22,23,24);2*1H/b15-10-;;. The van der Waals surface area contributed by atoms with Crippen molar-refractivity contribution in [2.45, 2.75) is 44.6 Å². The number of fused-ring (bicyclic) bond motifs is 1. The zero-order valence-corrected chi connectivity index (χ0v) is 16.0. The summed E-state index contributed by atoms with van der Waals surface area (Å²) in [5.74, 6) is 0.417. The number of hydrogen-bond donors (Lipinski definition) is 3. The Morgan fingerprint density at radius 3 is 2.69 bits per heavy atom. The van der Waals surface area contributed by atoms with Crippen molar-refractivity contribution < 1.29 is 4.79 Å². The van der Waals surface area contributed by atoms with E-state index in [-0.39, 0.29) is 30.7 Å². The molecule has 0 bridgehead atoms.